The maximum atomic E-state index is 12.3. The van der Waals surface area contributed by atoms with Gasteiger partial charge in [-0.25, -0.2) is 4.39 Å². The Morgan fingerprint density at radius 1 is 1.24 bits per heavy atom. The summed E-state index contributed by atoms with van der Waals surface area (Å²) in [6.45, 7) is 1.02. The zero-order valence-corrected chi connectivity index (χ0v) is 11.5. The van der Waals surface area contributed by atoms with Crippen LogP contribution in [0.2, 0.25) is 0 Å². The maximum absolute atomic E-state index is 12.3. The first-order valence-corrected chi connectivity index (χ1v) is 6.66. The van der Waals surface area contributed by atoms with E-state index in [1.54, 1.807) is 0 Å². The minimum atomic E-state index is -0.799. The SMILES string of the molecule is CC(OCF)c1ccc2c(c1)[nH]c1cc(NC=O)ccc12. The summed E-state index contributed by atoms with van der Waals surface area (Å²) in [6.07, 6.45) is 0.357. The molecule has 1 atom stereocenters. The van der Waals surface area contributed by atoms with E-state index in [9.17, 15) is 9.18 Å². The van der Waals surface area contributed by atoms with Gasteiger partial charge < -0.3 is 15.0 Å². The van der Waals surface area contributed by atoms with Crippen molar-refractivity contribution in [2.45, 2.75) is 13.0 Å². The molecule has 1 heterocycles. The highest BCUT2D eigenvalue weighted by molar-refractivity contribution is 6.08. The third-order valence-corrected chi connectivity index (χ3v) is 3.63. The lowest BCUT2D eigenvalue weighted by atomic mass is 10.1. The van der Waals surface area contributed by atoms with E-state index >= 15 is 0 Å². The summed E-state index contributed by atoms with van der Waals surface area (Å²) in [4.78, 5) is 13.8. The number of carbonyl (C=O) groups excluding carboxylic acids is 1. The van der Waals surface area contributed by atoms with E-state index in [0.717, 1.165) is 33.1 Å². The summed E-state index contributed by atoms with van der Waals surface area (Å²) >= 11 is 0. The maximum Gasteiger partial charge on any atom is 0.211 e. The molecule has 0 fully saturated rings. The predicted octanol–water partition coefficient (Wildman–Crippen LogP) is 3.89. The normalized spacial score (nSPS) is 12.7. The van der Waals surface area contributed by atoms with Crippen LogP contribution in [0, 0.1) is 0 Å². The molecule has 2 N–H and O–H groups in total. The molecule has 3 aromatic rings. The first-order valence-electron chi connectivity index (χ1n) is 6.66. The van der Waals surface area contributed by atoms with Gasteiger partial charge in [-0.3, -0.25) is 4.79 Å². The molecule has 4 nitrogen and oxygen atoms in total. The fraction of sp³-hybridized carbons (Fsp3) is 0.188. The number of hydrogen-bond acceptors (Lipinski definition) is 2. The summed E-state index contributed by atoms with van der Waals surface area (Å²) in [5, 5.41) is 4.79. The minimum absolute atomic E-state index is 0.293. The van der Waals surface area contributed by atoms with Gasteiger partial charge in [0.2, 0.25) is 6.41 Å². The van der Waals surface area contributed by atoms with E-state index < -0.39 is 6.86 Å². The number of alkyl halides is 1. The van der Waals surface area contributed by atoms with Crippen LogP contribution in [0.25, 0.3) is 21.8 Å². The molecule has 5 heteroatoms. The Hall–Kier alpha value is -2.40. The molecule has 1 amide bonds. The molecule has 21 heavy (non-hydrogen) atoms. The van der Waals surface area contributed by atoms with Gasteiger partial charge in [0.05, 0.1) is 6.10 Å². The number of carbonyl (C=O) groups is 1. The van der Waals surface area contributed by atoms with Crippen LogP contribution >= 0.6 is 0 Å². The van der Waals surface area contributed by atoms with Crippen LogP contribution < -0.4 is 5.32 Å². The first-order chi connectivity index (χ1) is 10.2. The molecular formula is C16H15FN2O2. The van der Waals surface area contributed by atoms with E-state index in [-0.39, 0.29) is 6.10 Å². The average Bonchev–Trinajstić information content (AvgIpc) is 2.84. The van der Waals surface area contributed by atoms with Gasteiger partial charge in [-0.05, 0) is 30.7 Å². The molecule has 3 rings (SSSR count). The van der Waals surface area contributed by atoms with Crippen molar-refractivity contribution < 1.29 is 13.9 Å². The third-order valence-electron chi connectivity index (χ3n) is 3.63. The summed E-state index contributed by atoms with van der Waals surface area (Å²) in [5.74, 6) is 0. The Balaban J connectivity index is 2.09. The quantitative estimate of drug-likeness (QED) is 0.699. The molecular weight excluding hydrogens is 271 g/mol. The molecule has 0 radical (unpaired) electrons. The van der Waals surface area contributed by atoms with Crippen molar-refractivity contribution in [1.82, 2.24) is 4.98 Å². The van der Waals surface area contributed by atoms with Crippen molar-refractivity contribution in [3.05, 3.63) is 42.0 Å². The largest absolute Gasteiger partial charge is 0.354 e. The molecule has 2 aromatic carbocycles. The van der Waals surface area contributed by atoms with Gasteiger partial charge in [0.25, 0.3) is 0 Å². The van der Waals surface area contributed by atoms with Gasteiger partial charge in [-0.1, -0.05) is 18.2 Å². The van der Waals surface area contributed by atoms with Crippen molar-refractivity contribution in [1.29, 1.82) is 0 Å². The fourth-order valence-corrected chi connectivity index (χ4v) is 2.53. The van der Waals surface area contributed by atoms with Crippen LogP contribution in [0.3, 0.4) is 0 Å². The van der Waals surface area contributed by atoms with Gasteiger partial charge in [0.1, 0.15) is 0 Å². The number of amides is 1. The van der Waals surface area contributed by atoms with E-state index in [2.05, 4.69) is 10.3 Å². The highest BCUT2D eigenvalue weighted by Gasteiger charge is 2.10. The monoisotopic (exact) mass is 286 g/mol. The van der Waals surface area contributed by atoms with Gasteiger partial charge in [-0.2, -0.15) is 0 Å². The molecule has 0 bridgehead atoms. The number of anilines is 1. The Bertz CT molecular complexity index is 797. The van der Waals surface area contributed by atoms with Crippen molar-refractivity contribution in [2.75, 3.05) is 12.2 Å². The van der Waals surface area contributed by atoms with E-state index in [4.69, 9.17) is 4.74 Å². The second-order valence-electron chi connectivity index (χ2n) is 4.87. The summed E-state index contributed by atoms with van der Waals surface area (Å²) in [7, 11) is 0. The Morgan fingerprint density at radius 2 is 1.95 bits per heavy atom. The van der Waals surface area contributed by atoms with E-state index in [1.165, 1.54) is 0 Å². The van der Waals surface area contributed by atoms with Crippen molar-refractivity contribution in [2.24, 2.45) is 0 Å². The molecule has 0 saturated carbocycles. The number of hydrogen-bond donors (Lipinski definition) is 2. The molecule has 0 aliphatic heterocycles. The van der Waals surface area contributed by atoms with Crippen LogP contribution in [0.5, 0.6) is 0 Å². The van der Waals surface area contributed by atoms with Gasteiger partial charge in [0.15, 0.2) is 6.86 Å². The number of aromatic amines is 1. The zero-order valence-electron chi connectivity index (χ0n) is 11.5. The zero-order chi connectivity index (χ0) is 14.8. The van der Waals surface area contributed by atoms with Crippen LogP contribution in [-0.4, -0.2) is 18.3 Å². The number of H-pyrrole nitrogens is 1. The number of aromatic nitrogens is 1. The molecule has 0 aliphatic rings. The van der Waals surface area contributed by atoms with Crippen molar-refractivity contribution in [3.63, 3.8) is 0 Å². The lowest BCUT2D eigenvalue weighted by Gasteiger charge is -2.10. The number of fused-ring (bicyclic) bond motifs is 3. The lowest BCUT2D eigenvalue weighted by molar-refractivity contribution is -0.105. The highest BCUT2D eigenvalue weighted by atomic mass is 19.1. The van der Waals surface area contributed by atoms with Gasteiger partial charge in [-0.15, -0.1) is 0 Å². The summed E-state index contributed by atoms with van der Waals surface area (Å²) < 4.78 is 17.2. The Kier molecular flexibility index (Phi) is 3.58. The second-order valence-corrected chi connectivity index (χ2v) is 4.87. The van der Waals surface area contributed by atoms with Crippen molar-refractivity contribution >= 4 is 33.9 Å². The van der Waals surface area contributed by atoms with Crippen LogP contribution in [0.15, 0.2) is 36.4 Å². The molecule has 1 aromatic heterocycles. The smallest absolute Gasteiger partial charge is 0.211 e. The number of rotatable bonds is 5. The average molecular weight is 286 g/mol. The topological polar surface area (TPSA) is 54.1 Å². The summed E-state index contributed by atoms with van der Waals surface area (Å²) in [5.41, 5.74) is 3.55. The van der Waals surface area contributed by atoms with Crippen molar-refractivity contribution in [3.8, 4) is 0 Å². The number of benzene rings is 2. The van der Waals surface area contributed by atoms with E-state index in [1.807, 2.05) is 43.3 Å². The molecule has 108 valence electrons. The number of nitrogens with one attached hydrogen (secondary N) is 2. The lowest BCUT2D eigenvalue weighted by Crippen LogP contribution is -1.98. The van der Waals surface area contributed by atoms with Gasteiger partial charge >= 0.3 is 0 Å². The van der Waals surface area contributed by atoms with Gasteiger partial charge in [0, 0.05) is 27.5 Å². The first kappa shape index (κ1) is 13.6. The molecule has 0 spiro atoms. The summed E-state index contributed by atoms with van der Waals surface area (Å²) in [6, 6.07) is 11.6. The third kappa shape index (κ3) is 2.48. The van der Waals surface area contributed by atoms with Crippen LogP contribution in [-0.2, 0) is 9.53 Å². The Labute approximate surface area is 120 Å². The van der Waals surface area contributed by atoms with Crippen LogP contribution in [0.4, 0.5) is 10.1 Å². The standard InChI is InChI=1S/C16H15FN2O2/c1-10(21-8-17)11-2-4-13-14-5-3-12(18-9-20)7-16(14)19-15(13)6-11/h2-7,9-10,19H,8H2,1H3,(H,18,20). The molecule has 0 saturated heterocycles. The molecule has 1 unspecified atom stereocenters. The highest BCUT2D eigenvalue weighted by Crippen LogP contribution is 2.30. The molecule has 0 aliphatic carbocycles. The van der Waals surface area contributed by atoms with Crippen LogP contribution in [0.1, 0.15) is 18.6 Å². The Morgan fingerprint density at radius 3 is 2.67 bits per heavy atom. The fourth-order valence-electron chi connectivity index (χ4n) is 2.53. The second kappa shape index (κ2) is 5.54. The minimum Gasteiger partial charge on any atom is -0.354 e. The predicted molar refractivity (Wildman–Crippen MR) is 81.0 cm³/mol. The number of halogens is 1. The van der Waals surface area contributed by atoms with E-state index in [0.29, 0.717) is 6.41 Å². The number of ether oxygens (including phenoxy) is 1.